The minimum atomic E-state index is -0.619. The van der Waals surface area contributed by atoms with Crippen LogP contribution in [0.15, 0.2) is 11.6 Å². The Kier molecular flexibility index (Phi) is 3.44. The van der Waals surface area contributed by atoms with Crippen LogP contribution in [0.25, 0.3) is 0 Å². The molecule has 0 unspecified atom stereocenters. The van der Waals surface area contributed by atoms with Gasteiger partial charge in [0.25, 0.3) is 0 Å². The molecule has 2 rings (SSSR count). The first kappa shape index (κ1) is 12.4. The van der Waals surface area contributed by atoms with E-state index in [9.17, 15) is 4.79 Å². The van der Waals surface area contributed by atoms with Crippen LogP contribution in [0, 0.1) is 11.3 Å². The molecule has 0 atom stereocenters. The maximum absolute atomic E-state index is 12.1. The average Bonchev–Trinajstić information content (AvgIpc) is 2.73. The van der Waals surface area contributed by atoms with Crippen LogP contribution in [-0.2, 0) is 11.3 Å². The maximum atomic E-state index is 12.1. The highest BCUT2D eigenvalue weighted by molar-refractivity contribution is 7.80. The number of thiazole rings is 1. The van der Waals surface area contributed by atoms with Crippen LogP contribution < -0.4 is 11.1 Å². The Hall–Kier alpha value is -1.01. The summed E-state index contributed by atoms with van der Waals surface area (Å²) in [5.41, 5.74) is 5.08. The number of carbonyl (C=O) groups excluding carboxylic acids is 1. The minimum Gasteiger partial charge on any atom is -0.392 e. The standard InChI is InChI=1S/C11H15N3OS2/c1-7-4-11(5-7,9(12)16)10(15)14-6-8-13-2-3-17-8/h2-3,7H,4-6H2,1H3,(H2,12,16)(H,14,15). The number of amides is 1. The topological polar surface area (TPSA) is 68.0 Å². The summed E-state index contributed by atoms with van der Waals surface area (Å²) in [7, 11) is 0. The van der Waals surface area contributed by atoms with Crippen molar-refractivity contribution in [2.45, 2.75) is 26.3 Å². The van der Waals surface area contributed by atoms with Gasteiger partial charge >= 0.3 is 0 Å². The fourth-order valence-electron chi connectivity index (χ4n) is 2.29. The molecule has 1 aromatic rings. The molecule has 1 aliphatic carbocycles. The highest BCUT2D eigenvalue weighted by atomic mass is 32.1. The van der Waals surface area contributed by atoms with Gasteiger partial charge in [0.05, 0.1) is 16.9 Å². The van der Waals surface area contributed by atoms with Gasteiger partial charge in [-0.3, -0.25) is 4.79 Å². The summed E-state index contributed by atoms with van der Waals surface area (Å²) in [6, 6.07) is 0. The van der Waals surface area contributed by atoms with E-state index in [0.29, 0.717) is 17.5 Å². The van der Waals surface area contributed by atoms with Gasteiger partial charge in [0.15, 0.2) is 0 Å². The summed E-state index contributed by atoms with van der Waals surface area (Å²) in [6.45, 7) is 2.56. The van der Waals surface area contributed by atoms with Crippen molar-refractivity contribution in [3.05, 3.63) is 16.6 Å². The lowest BCUT2D eigenvalue weighted by Gasteiger charge is -2.44. The van der Waals surface area contributed by atoms with Crippen LogP contribution >= 0.6 is 23.6 Å². The fraction of sp³-hybridized carbons (Fsp3) is 0.545. The largest absolute Gasteiger partial charge is 0.392 e. The smallest absolute Gasteiger partial charge is 0.233 e. The quantitative estimate of drug-likeness (QED) is 0.812. The molecule has 0 aromatic carbocycles. The Balaban J connectivity index is 1.96. The van der Waals surface area contributed by atoms with E-state index in [2.05, 4.69) is 17.2 Å². The number of hydrogen-bond donors (Lipinski definition) is 2. The van der Waals surface area contributed by atoms with E-state index in [4.69, 9.17) is 18.0 Å². The molecular formula is C11H15N3OS2. The first-order chi connectivity index (χ1) is 8.04. The predicted octanol–water partition coefficient (Wildman–Crippen LogP) is 1.46. The zero-order chi connectivity index (χ0) is 12.5. The molecule has 3 N–H and O–H groups in total. The number of carbonyl (C=O) groups is 1. The molecular weight excluding hydrogens is 254 g/mol. The van der Waals surface area contributed by atoms with E-state index in [1.807, 2.05) is 5.38 Å². The molecule has 0 aliphatic heterocycles. The van der Waals surface area contributed by atoms with Crippen molar-refractivity contribution in [1.29, 1.82) is 0 Å². The summed E-state index contributed by atoms with van der Waals surface area (Å²) in [5, 5.41) is 5.65. The molecule has 0 saturated heterocycles. The second-order valence-electron chi connectivity index (χ2n) is 4.57. The van der Waals surface area contributed by atoms with Crippen molar-refractivity contribution in [2.75, 3.05) is 0 Å². The molecule has 1 heterocycles. The van der Waals surface area contributed by atoms with Crippen LogP contribution in [0.2, 0.25) is 0 Å². The lowest BCUT2D eigenvalue weighted by molar-refractivity contribution is -0.133. The highest BCUT2D eigenvalue weighted by Crippen LogP contribution is 2.45. The van der Waals surface area contributed by atoms with Crippen LogP contribution in [0.1, 0.15) is 24.8 Å². The number of nitrogens with zero attached hydrogens (tertiary/aromatic N) is 1. The van der Waals surface area contributed by atoms with Gasteiger partial charge in [0, 0.05) is 11.6 Å². The van der Waals surface area contributed by atoms with E-state index in [1.165, 1.54) is 11.3 Å². The van der Waals surface area contributed by atoms with Crippen LogP contribution in [0.5, 0.6) is 0 Å². The number of nitrogens with two attached hydrogens (primary N) is 1. The Morgan fingerprint density at radius 3 is 2.94 bits per heavy atom. The molecule has 6 heteroatoms. The first-order valence-electron chi connectivity index (χ1n) is 5.51. The molecule has 1 aliphatic rings. The number of hydrogen-bond acceptors (Lipinski definition) is 4. The van der Waals surface area contributed by atoms with E-state index in [1.54, 1.807) is 6.20 Å². The van der Waals surface area contributed by atoms with Gasteiger partial charge in [-0.1, -0.05) is 19.1 Å². The zero-order valence-electron chi connectivity index (χ0n) is 9.60. The molecule has 1 fully saturated rings. The Labute approximate surface area is 110 Å². The number of aromatic nitrogens is 1. The summed E-state index contributed by atoms with van der Waals surface area (Å²) < 4.78 is 0. The third-order valence-corrected chi connectivity index (χ3v) is 4.35. The van der Waals surface area contributed by atoms with E-state index in [-0.39, 0.29) is 5.91 Å². The van der Waals surface area contributed by atoms with Crippen LogP contribution in [-0.4, -0.2) is 15.9 Å². The van der Waals surface area contributed by atoms with E-state index >= 15 is 0 Å². The monoisotopic (exact) mass is 269 g/mol. The molecule has 4 nitrogen and oxygen atoms in total. The second-order valence-corrected chi connectivity index (χ2v) is 5.99. The first-order valence-corrected chi connectivity index (χ1v) is 6.80. The lowest BCUT2D eigenvalue weighted by atomic mass is 9.62. The van der Waals surface area contributed by atoms with Crippen molar-refractivity contribution >= 4 is 34.5 Å². The molecule has 1 aromatic heterocycles. The SMILES string of the molecule is CC1CC(C(=O)NCc2nccs2)(C(N)=S)C1. The third-order valence-electron chi connectivity index (χ3n) is 3.18. The molecule has 0 radical (unpaired) electrons. The van der Waals surface area contributed by atoms with Crippen molar-refractivity contribution < 1.29 is 4.79 Å². The highest BCUT2D eigenvalue weighted by Gasteiger charge is 2.50. The number of rotatable bonds is 4. The minimum absolute atomic E-state index is 0.0571. The molecule has 0 bridgehead atoms. The summed E-state index contributed by atoms with van der Waals surface area (Å²) in [6.07, 6.45) is 3.24. The van der Waals surface area contributed by atoms with Crippen LogP contribution in [0.3, 0.4) is 0 Å². The van der Waals surface area contributed by atoms with Gasteiger partial charge in [0.2, 0.25) is 5.91 Å². The second kappa shape index (κ2) is 4.70. The lowest BCUT2D eigenvalue weighted by Crippen LogP contribution is -2.55. The van der Waals surface area contributed by atoms with Gasteiger partial charge < -0.3 is 11.1 Å². The molecule has 1 amide bonds. The van der Waals surface area contributed by atoms with Gasteiger partial charge in [-0.25, -0.2) is 4.98 Å². The Morgan fingerprint density at radius 1 is 1.76 bits per heavy atom. The maximum Gasteiger partial charge on any atom is 0.233 e. The molecule has 17 heavy (non-hydrogen) atoms. The summed E-state index contributed by atoms with van der Waals surface area (Å²) in [5.74, 6) is 0.459. The van der Waals surface area contributed by atoms with Crippen molar-refractivity contribution in [3.63, 3.8) is 0 Å². The van der Waals surface area contributed by atoms with Crippen LogP contribution in [0.4, 0.5) is 0 Å². The van der Waals surface area contributed by atoms with Gasteiger partial charge in [-0.15, -0.1) is 11.3 Å². The normalized spacial score (nSPS) is 27.2. The fourth-order valence-corrected chi connectivity index (χ4v) is 3.11. The van der Waals surface area contributed by atoms with E-state index in [0.717, 1.165) is 17.8 Å². The van der Waals surface area contributed by atoms with Crippen molar-refractivity contribution in [1.82, 2.24) is 10.3 Å². The van der Waals surface area contributed by atoms with Gasteiger partial charge in [0.1, 0.15) is 5.01 Å². The zero-order valence-corrected chi connectivity index (χ0v) is 11.2. The van der Waals surface area contributed by atoms with Crippen molar-refractivity contribution in [3.8, 4) is 0 Å². The van der Waals surface area contributed by atoms with Gasteiger partial charge in [-0.05, 0) is 18.8 Å². The Bertz CT molecular complexity index is 424. The Morgan fingerprint density at radius 2 is 2.47 bits per heavy atom. The summed E-state index contributed by atoms with van der Waals surface area (Å²) in [4.78, 5) is 16.6. The van der Waals surface area contributed by atoms with Gasteiger partial charge in [-0.2, -0.15) is 0 Å². The average molecular weight is 269 g/mol. The van der Waals surface area contributed by atoms with Crippen molar-refractivity contribution in [2.24, 2.45) is 17.1 Å². The number of thiocarbonyl (C=S) groups is 1. The molecule has 0 spiro atoms. The predicted molar refractivity (Wildman–Crippen MR) is 71.6 cm³/mol. The molecule has 92 valence electrons. The molecule has 1 saturated carbocycles. The van der Waals surface area contributed by atoms with E-state index < -0.39 is 5.41 Å². The number of nitrogens with one attached hydrogen (secondary N) is 1. The third kappa shape index (κ3) is 2.32. The summed E-state index contributed by atoms with van der Waals surface area (Å²) >= 11 is 6.55.